The summed E-state index contributed by atoms with van der Waals surface area (Å²) in [6, 6.07) is 5.02. The first-order valence-electron chi connectivity index (χ1n) is 11.9. The molecule has 2 fully saturated rings. The van der Waals surface area contributed by atoms with E-state index in [9.17, 15) is 9.18 Å². The van der Waals surface area contributed by atoms with Crippen molar-refractivity contribution in [2.75, 3.05) is 32.7 Å². The number of carbonyl (C=O) groups excluding carboxylic acids is 1. The predicted octanol–water partition coefficient (Wildman–Crippen LogP) is 4.14. The molecule has 8 nitrogen and oxygen atoms in total. The van der Waals surface area contributed by atoms with Gasteiger partial charge in [-0.3, -0.25) is 4.79 Å². The van der Waals surface area contributed by atoms with Crippen LogP contribution in [0.2, 0.25) is 0 Å². The zero-order chi connectivity index (χ0) is 23.1. The standard InChI is InChI=1S/C24H31FN6O2.ClH/c1-15(2)21-19-5-4-6-20(25)22(19)31(27-21)24-26-23(33-28-24)18-8-10-29(11-9-18)13-17-7-12-30(14-17)16(3)32;/h4-6,15,17-18H,7-14H2,1-3H3;1H/t17-;/m0./s1. The number of benzene rings is 1. The Hall–Kier alpha value is -2.52. The van der Waals surface area contributed by atoms with Gasteiger partial charge in [0.05, 0.1) is 5.69 Å². The number of rotatable bonds is 5. The number of carbonyl (C=O) groups is 1. The van der Waals surface area contributed by atoms with Crippen LogP contribution in [0.5, 0.6) is 0 Å². The molecular weight excluding hydrogens is 459 g/mol. The van der Waals surface area contributed by atoms with Crippen LogP contribution in [-0.2, 0) is 4.79 Å². The van der Waals surface area contributed by atoms with E-state index in [1.165, 1.54) is 10.7 Å². The number of amides is 1. The highest BCUT2D eigenvalue weighted by Crippen LogP contribution is 2.31. The predicted molar refractivity (Wildman–Crippen MR) is 129 cm³/mol. The summed E-state index contributed by atoms with van der Waals surface area (Å²) in [4.78, 5) is 20.6. The van der Waals surface area contributed by atoms with Crippen LogP contribution < -0.4 is 0 Å². The third-order valence-electron chi connectivity index (χ3n) is 7.03. The van der Waals surface area contributed by atoms with Gasteiger partial charge in [0.25, 0.3) is 5.95 Å². The van der Waals surface area contributed by atoms with E-state index in [0.29, 0.717) is 17.3 Å². The smallest absolute Gasteiger partial charge is 0.291 e. The Bertz CT molecular complexity index is 1150. The van der Waals surface area contributed by atoms with E-state index in [0.717, 1.165) is 63.1 Å². The van der Waals surface area contributed by atoms with Crippen molar-refractivity contribution in [3.63, 3.8) is 0 Å². The number of halogens is 2. The van der Waals surface area contributed by atoms with Crippen LogP contribution in [0.4, 0.5) is 4.39 Å². The minimum Gasteiger partial charge on any atom is -0.343 e. The Balaban J connectivity index is 0.00000274. The van der Waals surface area contributed by atoms with Gasteiger partial charge in [-0.1, -0.05) is 26.0 Å². The van der Waals surface area contributed by atoms with Gasteiger partial charge in [0, 0.05) is 37.9 Å². The Morgan fingerprint density at radius 2 is 1.97 bits per heavy atom. The van der Waals surface area contributed by atoms with Gasteiger partial charge in [0.1, 0.15) is 11.3 Å². The average Bonchev–Trinajstić information content (AvgIpc) is 3.53. The second kappa shape index (κ2) is 10.00. The Labute approximate surface area is 204 Å². The lowest BCUT2D eigenvalue weighted by Gasteiger charge is -2.32. The zero-order valence-electron chi connectivity index (χ0n) is 19.9. The summed E-state index contributed by atoms with van der Waals surface area (Å²) < 4.78 is 21.8. The number of hydrogen-bond acceptors (Lipinski definition) is 6. The first-order chi connectivity index (χ1) is 15.9. The fourth-order valence-corrected chi connectivity index (χ4v) is 5.19. The van der Waals surface area contributed by atoms with Gasteiger partial charge < -0.3 is 14.3 Å². The number of hydrogen-bond donors (Lipinski definition) is 0. The molecule has 0 radical (unpaired) electrons. The van der Waals surface area contributed by atoms with Crippen LogP contribution in [0, 0.1) is 11.7 Å². The molecule has 5 rings (SSSR count). The lowest BCUT2D eigenvalue weighted by atomic mass is 9.95. The second-order valence-electron chi connectivity index (χ2n) is 9.71. The third kappa shape index (κ3) is 4.68. The van der Waals surface area contributed by atoms with E-state index in [1.54, 1.807) is 13.0 Å². The van der Waals surface area contributed by atoms with Gasteiger partial charge in [-0.05, 0) is 55.4 Å². The quantitative estimate of drug-likeness (QED) is 0.534. The molecule has 0 bridgehead atoms. The maximum Gasteiger partial charge on any atom is 0.291 e. The molecule has 2 aromatic heterocycles. The number of likely N-dealkylation sites (tertiary alicyclic amines) is 2. The van der Waals surface area contributed by atoms with Crippen molar-refractivity contribution in [3.05, 3.63) is 35.6 Å². The molecule has 1 amide bonds. The average molecular weight is 491 g/mol. The Kier molecular flexibility index (Phi) is 7.23. The van der Waals surface area contributed by atoms with Crippen molar-refractivity contribution in [2.24, 2.45) is 5.92 Å². The van der Waals surface area contributed by atoms with E-state index in [-0.39, 0.29) is 41.9 Å². The summed E-state index contributed by atoms with van der Waals surface area (Å²) in [6.07, 6.45) is 2.96. The first kappa shape index (κ1) is 24.6. The highest BCUT2D eigenvalue weighted by Gasteiger charge is 2.30. The molecule has 0 saturated carbocycles. The molecule has 3 aromatic rings. The van der Waals surface area contributed by atoms with Crippen molar-refractivity contribution in [1.82, 2.24) is 29.7 Å². The van der Waals surface area contributed by atoms with Gasteiger partial charge >= 0.3 is 0 Å². The van der Waals surface area contributed by atoms with Crippen molar-refractivity contribution in [1.29, 1.82) is 0 Å². The minimum atomic E-state index is -0.346. The SMILES string of the molecule is CC(=O)N1CC[C@@H](CN2CCC(c3nc(-n4nc(C(C)C)c5cccc(F)c54)no3)CC2)C1.Cl. The molecule has 2 aliphatic heterocycles. The molecular formula is C24H32ClFN6O2. The normalized spacial score (nSPS) is 19.8. The van der Waals surface area contributed by atoms with Gasteiger partial charge in [-0.2, -0.15) is 14.8 Å². The van der Waals surface area contributed by atoms with E-state index >= 15 is 0 Å². The highest BCUT2D eigenvalue weighted by molar-refractivity contribution is 5.85. The van der Waals surface area contributed by atoms with Gasteiger partial charge in [0.15, 0.2) is 0 Å². The van der Waals surface area contributed by atoms with Crippen LogP contribution in [0.15, 0.2) is 22.7 Å². The maximum absolute atomic E-state index is 14.7. The lowest BCUT2D eigenvalue weighted by Crippen LogP contribution is -2.37. The van der Waals surface area contributed by atoms with Crippen molar-refractivity contribution >= 4 is 29.2 Å². The molecule has 0 N–H and O–H groups in total. The minimum absolute atomic E-state index is 0. The molecule has 1 atom stereocenters. The summed E-state index contributed by atoms with van der Waals surface area (Å²) in [5.41, 5.74) is 1.21. The molecule has 0 spiro atoms. The fourth-order valence-electron chi connectivity index (χ4n) is 5.19. The molecule has 184 valence electrons. The van der Waals surface area contributed by atoms with Gasteiger partial charge in [-0.25, -0.2) is 4.39 Å². The Morgan fingerprint density at radius 1 is 1.21 bits per heavy atom. The third-order valence-corrected chi connectivity index (χ3v) is 7.03. The van der Waals surface area contributed by atoms with Crippen LogP contribution in [0.25, 0.3) is 16.9 Å². The second-order valence-corrected chi connectivity index (χ2v) is 9.71. The monoisotopic (exact) mass is 490 g/mol. The van der Waals surface area contributed by atoms with Crippen molar-refractivity contribution in [3.8, 4) is 5.95 Å². The highest BCUT2D eigenvalue weighted by atomic mass is 35.5. The lowest BCUT2D eigenvalue weighted by molar-refractivity contribution is -0.127. The van der Waals surface area contributed by atoms with Crippen molar-refractivity contribution in [2.45, 2.75) is 51.9 Å². The first-order valence-corrected chi connectivity index (χ1v) is 11.9. The van der Waals surface area contributed by atoms with Gasteiger partial charge in [-0.15, -0.1) is 12.4 Å². The number of piperidine rings is 1. The number of aromatic nitrogens is 4. The van der Waals surface area contributed by atoms with E-state index in [1.807, 2.05) is 24.8 Å². The molecule has 4 heterocycles. The van der Waals surface area contributed by atoms with Gasteiger partial charge in [0.2, 0.25) is 11.8 Å². The van der Waals surface area contributed by atoms with E-state index in [2.05, 4.69) is 20.1 Å². The van der Waals surface area contributed by atoms with Crippen LogP contribution in [0.3, 0.4) is 0 Å². The Morgan fingerprint density at radius 3 is 2.65 bits per heavy atom. The summed E-state index contributed by atoms with van der Waals surface area (Å²) in [5, 5.41) is 9.55. The maximum atomic E-state index is 14.7. The molecule has 0 unspecified atom stereocenters. The zero-order valence-corrected chi connectivity index (χ0v) is 20.7. The van der Waals surface area contributed by atoms with E-state index in [4.69, 9.17) is 4.52 Å². The molecule has 0 aliphatic carbocycles. The number of nitrogens with zero attached hydrogens (tertiary/aromatic N) is 6. The molecule has 2 aliphatic rings. The molecule has 1 aromatic carbocycles. The summed E-state index contributed by atoms with van der Waals surface area (Å²) in [6.45, 7) is 10.4. The summed E-state index contributed by atoms with van der Waals surface area (Å²) >= 11 is 0. The summed E-state index contributed by atoms with van der Waals surface area (Å²) in [5.74, 6) is 1.60. The number of para-hydroxylation sites is 1. The van der Waals surface area contributed by atoms with Crippen molar-refractivity contribution < 1.29 is 13.7 Å². The summed E-state index contributed by atoms with van der Waals surface area (Å²) in [7, 11) is 0. The molecule has 34 heavy (non-hydrogen) atoms. The van der Waals surface area contributed by atoms with Crippen LogP contribution in [0.1, 0.15) is 63.5 Å². The fraction of sp³-hybridized carbons (Fsp3) is 0.583. The number of fused-ring (bicyclic) bond motifs is 1. The largest absolute Gasteiger partial charge is 0.343 e. The van der Waals surface area contributed by atoms with Crippen LogP contribution in [-0.4, -0.2) is 68.4 Å². The molecule has 10 heteroatoms. The van der Waals surface area contributed by atoms with E-state index < -0.39 is 0 Å². The van der Waals surface area contributed by atoms with Crippen LogP contribution >= 0.6 is 12.4 Å². The topological polar surface area (TPSA) is 80.3 Å². The molecule has 2 saturated heterocycles.